The molecule has 5 heterocycles. The lowest BCUT2D eigenvalue weighted by molar-refractivity contribution is 0.472. The van der Waals surface area contributed by atoms with Crippen molar-refractivity contribution in [2.75, 3.05) is 0 Å². The van der Waals surface area contributed by atoms with Gasteiger partial charge in [-0.3, -0.25) is 9.97 Å². The average Bonchev–Trinajstić information content (AvgIpc) is 3.56. The van der Waals surface area contributed by atoms with Crippen LogP contribution in [-0.4, -0.2) is 37.6 Å². The van der Waals surface area contributed by atoms with Crippen LogP contribution in [0.4, 0.5) is 0 Å². The van der Waals surface area contributed by atoms with E-state index in [2.05, 4.69) is 58.2 Å². The van der Waals surface area contributed by atoms with Gasteiger partial charge in [0.25, 0.3) is 0 Å². The molecular formula is C28H23IN8O. The molecule has 0 aliphatic carbocycles. The number of halogens is 1. The molecule has 0 bridgehead atoms. The van der Waals surface area contributed by atoms with Crippen LogP contribution in [0.15, 0.2) is 91.6 Å². The molecule has 0 saturated carbocycles. The van der Waals surface area contributed by atoms with Gasteiger partial charge in [-0.1, -0.05) is 18.2 Å². The summed E-state index contributed by atoms with van der Waals surface area (Å²) in [6, 6.07) is 21.7. The summed E-state index contributed by atoms with van der Waals surface area (Å²) in [6.45, 7) is 3.31. The number of aryl methyl sites for hydroxylation is 1. The Bertz CT molecular complexity index is 1700. The van der Waals surface area contributed by atoms with Crippen LogP contribution in [-0.2, 0) is 13.1 Å². The molecule has 0 radical (unpaired) electrons. The fraction of sp³-hybridized carbons (Fsp3) is 0.107. The minimum atomic E-state index is 0.611. The largest absolute Gasteiger partial charge is 0.457 e. The Hall–Kier alpha value is -4.16. The fourth-order valence-electron chi connectivity index (χ4n) is 4.20. The van der Waals surface area contributed by atoms with E-state index < -0.39 is 0 Å². The number of hydrogen-bond donors (Lipinski definition) is 1. The van der Waals surface area contributed by atoms with Crippen LogP contribution in [0, 0.1) is 6.92 Å². The molecule has 9 nitrogen and oxygen atoms in total. The molecule has 0 spiro atoms. The van der Waals surface area contributed by atoms with Crippen LogP contribution in [0.1, 0.15) is 17.1 Å². The number of fused-ring (bicyclic) bond motifs is 1. The number of aromatic amines is 1. The van der Waals surface area contributed by atoms with Gasteiger partial charge in [0.2, 0.25) is 0 Å². The SMILES string of the molecule is Cc1cccc(-c2[nH]c(CN(I)Cc3cccc(Oc4ccncc4)c3)nc2-c2ccc3ncnn3c2)n1. The number of ether oxygens (including phenoxy) is 1. The first-order valence-electron chi connectivity index (χ1n) is 12.0. The summed E-state index contributed by atoms with van der Waals surface area (Å²) in [5.74, 6) is 2.39. The number of nitrogens with one attached hydrogen (secondary N) is 1. The van der Waals surface area contributed by atoms with Gasteiger partial charge >= 0.3 is 0 Å². The second-order valence-electron chi connectivity index (χ2n) is 8.76. The van der Waals surface area contributed by atoms with E-state index in [0.717, 1.165) is 56.9 Å². The van der Waals surface area contributed by atoms with Crippen LogP contribution in [0.25, 0.3) is 28.3 Å². The predicted molar refractivity (Wildman–Crippen MR) is 153 cm³/mol. The lowest BCUT2D eigenvalue weighted by Crippen LogP contribution is -2.11. The van der Waals surface area contributed by atoms with Crippen LogP contribution < -0.4 is 4.74 Å². The summed E-state index contributed by atoms with van der Waals surface area (Å²) in [7, 11) is 0. The van der Waals surface area contributed by atoms with Crippen molar-refractivity contribution < 1.29 is 4.74 Å². The second-order valence-corrected chi connectivity index (χ2v) is 10.1. The van der Waals surface area contributed by atoms with Crippen molar-refractivity contribution in [3.05, 3.63) is 109 Å². The third-order valence-electron chi connectivity index (χ3n) is 5.90. The molecule has 1 N–H and O–H groups in total. The molecule has 10 heteroatoms. The van der Waals surface area contributed by atoms with Crippen LogP contribution in [0.2, 0.25) is 0 Å². The lowest BCUT2D eigenvalue weighted by atomic mass is 10.1. The molecule has 5 aromatic heterocycles. The zero-order chi connectivity index (χ0) is 25.9. The number of nitrogens with zero attached hydrogens (tertiary/aromatic N) is 7. The zero-order valence-corrected chi connectivity index (χ0v) is 22.6. The summed E-state index contributed by atoms with van der Waals surface area (Å²) in [5.41, 5.74) is 6.35. The summed E-state index contributed by atoms with van der Waals surface area (Å²) in [5, 5.41) is 4.29. The van der Waals surface area contributed by atoms with Crippen molar-refractivity contribution in [3.63, 3.8) is 0 Å². The third kappa shape index (κ3) is 5.41. The maximum Gasteiger partial charge on any atom is 0.155 e. The van der Waals surface area contributed by atoms with Gasteiger partial charge in [0.15, 0.2) is 5.65 Å². The summed E-state index contributed by atoms with van der Waals surface area (Å²) >= 11 is 2.34. The number of imidazole rings is 1. The molecule has 188 valence electrons. The molecule has 0 aliphatic rings. The Morgan fingerprint density at radius 2 is 1.82 bits per heavy atom. The van der Waals surface area contributed by atoms with E-state index in [9.17, 15) is 0 Å². The van der Waals surface area contributed by atoms with Crippen molar-refractivity contribution in [1.82, 2.24) is 37.6 Å². The highest BCUT2D eigenvalue weighted by Crippen LogP contribution is 2.30. The monoisotopic (exact) mass is 614 g/mol. The highest BCUT2D eigenvalue weighted by molar-refractivity contribution is 14.1. The Morgan fingerprint density at radius 3 is 2.68 bits per heavy atom. The van der Waals surface area contributed by atoms with Crippen molar-refractivity contribution in [2.45, 2.75) is 20.0 Å². The topological polar surface area (TPSA) is 97.1 Å². The minimum Gasteiger partial charge on any atom is -0.457 e. The van der Waals surface area contributed by atoms with Crippen LogP contribution in [0.5, 0.6) is 11.5 Å². The molecule has 0 amide bonds. The average molecular weight is 614 g/mol. The van der Waals surface area contributed by atoms with Crippen molar-refractivity contribution in [2.24, 2.45) is 0 Å². The van der Waals surface area contributed by atoms with Gasteiger partial charge in [0.05, 0.1) is 23.6 Å². The molecule has 6 aromatic rings. The van der Waals surface area contributed by atoms with Crippen molar-refractivity contribution >= 4 is 28.5 Å². The van der Waals surface area contributed by atoms with Gasteiger partial charge in [0, 0.05) is 59.3 Å². The first-order valence-corrected chi connectivity index (χ1v) is 13.0. The Morgan fingerprint density at radius 1 is 0.947 bits per heavy atom. The number of H-pyrrole nitrogens is 1. The normalized spacial score (nSPS) is 11.3. The van der Waals surface area contributed by atoms with Gasteiger partial charge in [-0.05, 0) is 61.0 Å². The Balaban J connectivity index is 1.25. The van der Waals surface area contributed by atoms with Crippen molar-refractivity contribution in [1.29, 1.82) is 0 Å². The molecule has 0 aliphatic heterocycles. The quantitative estimate of drug-likeness (QED) is 0.165. The standard InChI is InChI=1S/C28H23IN8O/c1-19-4-2-7-24(33-19)28-27(21-8-9-26-31-18-32-37(26)16-21)34-25(35-28)17-36(29)15-20-5-3-6-23(14-20)38-22-10-12-30-13-11-22/h2-14,16,18H,15,17H2,1H3,(H,34,35). The third-order valence-corrected chi connectivity index (χ3v) is 6.59. The predicted octanol–water partition coefficient (Wildman–Crippen LogP) is 6.03. The number of hydrogen-bond acceptors (Lipinski definition) is 7. The second kappa shape index (κ2) is 10.7. The Labute approximate surface area is 233 Å². The van der Waals surface area contributed by atoms with E-state index in [-0.39, 0.29) is 0 Å². The highest BCUT2D eigenvalue weighted by Gasteiger charge is 2.18. The smallest absolute Gasteiger partial charge is 0.155 e. The molecule has 0 saturated heterocycles. The lowest BCUT2D eigenvalue weighted by Gasteiger charge is -2.14. The van der Waals surface area contributed by atoms with Gasteiger partial charge in [-0.15, -0.1) is 0 Å². The number of rotatable bonds is 8. The Kier molecular flexibility index (Phi) is 6.80. The molecule has 0 fully saturated rings. The molecule has 1 aromatic carbocycles. The van der Waals surface area contributed by atoms with Crippen LogP contribution >= 0.6 is 22.9 Å². The summed E-state index contributed by atoms with van der Waals surface area (Å²) in [6.07, 6.45) is 6.92. The van der Waals surface area contributed by atoms with Crippen molar-refractivity contribution in [3.8, 4) is 34.1 Å². The number of aromatic nitrogens is 7. The van der Waals surface area contributed by atoms with Gasteiger partial charge in [-0.2, -0.15) is 5.10 Å². The maximum atomic E-state index is 5.97. The van der Waals surface area contributed by atoms with E-state index >= 15 is 0 Å². The highest BCUT2D eigenvalue weighted by atomic mass is 127. The van der Waals surface area contributed by atoms with Gasteiger partial charge in [-0.25, -0.2) is 17.6 Å². The van der Waals surface area contributed by atoms with E-state index in [1.165, 1.54) is 0 Å². The molecule has 0 unspecified atom stereocenters. The van der Waals surface area contributed by atoms with E-state index in [1.54, 1.807) is 23.2 Å². The first-order chi connectivity index (χ1) is 18.6. The molecule has 38 heavy (non-hydrogen) atoms. The van der Waals surface area contributed by atoms with E-state index in [1.807, 2.05) is 67.7 Å². The van der Waals surface area contributed by atoms with E-state index in [4.69, 9.17) is 14.7 Å². The fourth-order valence-corrected chi connectivity index (χ4v) is 4.91. The maximum absolute atomic E-state index is 5.97. The van der Waals surface area contributed by atoms with Crippen LogP contribution in [0.3, 0.4) is 0 Å². The van der Waals surface area contributed by atoms with E-state index in [0.29, 0.717) is 13.1 Å². The zero-order valence-electron chi connectivity index (χ0n) is 20.5. The molecular weight excluding hydrogens is 591 g/mol. The van der Waals surface area contributed by atoms with Gasteiger partial charge in [0.1, 0.15) is 23.7 Å². The summed E-state index contributed by atoms with van der Waals surface area (Å²) in [4.78, 5) is 21.6. The first kappa shape index (κ1) is 24.2. The molecule has 0 atom stereocenters. The summed E-state index contributed by atoms with van der Waals surface area (Å²) < 4.78 is 9.91. The number of pyridine rings is 3. The molecule has 6 rings (SSSR count). The minimum absolute atomic E-state index is 0.611. The van der Waals surface area contributed by atoms with Gasteiger partial charge < -0.3 is 9.72 Å². The number of benzene rings is 1.